The summed E-state index contributed by atoms with van der Waals surface area (Å²) in [4.78, 5) is 0. The Morgan fingerprint density at radius 3 is 2.52 bits per heavy atom. The monoisotopic (exact) mass is 299 g/mol. The molecule has 2 aromatic carbocycles. The Morgan fingerprint density at radius 2 is 1.90 bits per heavy atom. The molecule has 2 aromatic rings. The van der Waals surface area contributed by atoms with Crippen LogP contribution in [0.2, 0.25) is 5.02 Å². The summed E-state index contributed by atoms with van der Waals surface area (Å²) >= 11 is 6.17. The number of aryl methyl sites for hydroxylation is 1. The van der Waals surface area contributed by atoms with E-state index in [4.69, 9.17) is 11.6 Å². The number of hydrogen-bond acceptors (Lipinski definition) is 1. The van der Waals surface area contributed by atoms with Crippen LogP contribution in [0.4, 0.5) is 0 Å². The summed E-state index contributed by atoms with van der Waals surface area (Å²) in [5, 5.41) is 4.32. The van der Waals surface area contributed by atoms with Gasteiger partial charge in [-0.25, -0.2) is 0 Å². The highest BCUT2D eigenvalue weighted by Gasteiger charge is 2.25. The summed E-state index contributed by atoms with van der Waals surface area (Å²) in [7, 11) is 2.03. The van der Waals surface area contributed by atoms with Crippen LogP contribution >= 0.6 is 11.6 Å². The fourth-order valence-electron chi connectivity index (χ4n) is 3.21. The van der Waals surface area contributed by atoms with E-state index in [0.717, 1.165) is 16.5 Å². The highest BCUT2D eigenvalue weighted by Crippen LogP contribution is 2.40. The van der Waals surface area contributed by atoms with Crippen molar-refractivity contribution in [2.75, 3.05) is 7.05 Å². The van der Waals surface area contributed by atoms with Crippen molar-refractivity contribution in [3.8, 4) is 0 Å². The van der Waals surface area contributed by atoms with Gasteiger partial charge in [-0.15, -0.1) is 0 Å². The third-order valence-corrected chi connectivity index (χ3v) is 5.08. The Hall–Kier alpha value is -1.31. The van der Waals surface area contributed by atoms with E-state index in [9.17, 15) is 0 Å². The highest BCUT2D eigenvalue weighted by atomic mass is 35.5. The summed E-state index contributed by atoms with van der Waals surface area (Å²) in [6.45, 7) is 2.07. The van der Waals surface area contributed by atoms with E-state index >= 15 is 0 Å². The topological polar surface area (TPSA) is 12.0 Å². The van der Waals surface area contributed by atoms with Gasteiger partial charge >= 0.3 is 0 Å². The van der Waals surface area contributed by atoms with E-state index in [-0.39, 0.29) is 6.04 Å². The number of benzene rings is 2. The number of rotatable bonds is 4. The molecule has 0 bridgehead atoms. The average molecular weight is 300 g/mol. The van der Waals surface area contributed by atoms with Crippen molar-refractivity contribution >= 4 is 11.6 Å². The lowest BCUT2D eigenvalue weighted by Gasteiger charge is -2.30. The summed E-state index contributed by atoms with van der Waals surface area (Å²) in [6, 6.07) is 15.4. The SMILES string of the molecule is CNC(c1ccc(Cl)c(C)c1)c1ccccc1C1CCC1. The first-order valence-corrected chi connectivity index (χ1v) is 8.10. The molecule has 1 N–H and O–H groups in total. The van der Waals surface area contributed by atoms with Gasteiger partial charge in [-0.1, -0.05) is 54.4 Å². The van der Waals surface area contributed by atoms with Crippen LogP contribution in [0.1, 0.15) is 53.5 Å². The van der Waals surface area contributed by atoms with Gasteiger partial charge in [0, 0.05) is 5.02 Å². The Morgan fingerprint density at radius 1 is 1.14 bits per heavy atom. The van der Waals surface area contributed by atoms with E-state index in [1.165, 1.54) is 36.0 Å². The number of nitrogens with one attached hydrogen (secondary N) is 1. The molecule has 110 valence electrons. The van der Waals surface area contributed by atoms with Crippen molar-refractivity contribution in [1.82, 2.24) is 5.32 Å². The molecule has 3 rings (SSSR count). The Bertz CT molecular complexity index is 631. The van der Waals surface area contributed by atoms with Crippen molar-refractivity contribution in [1.29, 1.82) is 0 Å². The smallest absolute Gasteiger partial charge is 0.0577 e. The second kappa shape index (κ2) is 6.21. The van der Waals surface area contributed by atoms with Gasteiger partial charge < -0.3 is 5.32 Å². The van der Waals surface area contributed by atoms with Crippen molar-refractivity contribution in [2.45, 2.75) is 38.1 Å². The van der Waals surface area contributed by atoms with E-state index in [2.05, 4.69) is 48.6 Å². The van der Waals surface area contributed by atoms with Crippen molar-refractivity contribution < 1.29 is 0 Å². The fourth-order valence-corrected chi connectivity index (χ4v) is 3.33. The molecule has 0 amide bonds. The molecule has 0 aliphatic heterocycles. The summed E-state index contributed by atoms with van der Waals surface area (Å²) in [6.07, 6.45) is 4.02. The molecule has 2 heteroatoms. The zero-order chi connectivity index (χ0) is 14.8. The lowest BCUT2D eigenvalue weighted by Crippen LogP contribution is -2.21. The minimum Gasteiger partial charge on any atom is -0.309 e. The lowest BCUT2D eigenvalue weighted by molar-refractivity contribution is 0.415. The van der Waals surface area contributed by atoms with Crippen molar-refractivity contribution in [3.05, 3.63) is 69.7 Å². The first-order chi connectivity index (χ1) is 10.2. The molecule has 0 saturated heterocycles. The van der Waals surface area contributed by atoms with Crippen molar-refractivity contribution in [3.63, 3.8) is 0 Å². The van der Waals surface area contributed by atoms with Gasteiger partial charge in [0.1, 0.15) is 0 Å². The summed E-state index contributed by atoms with van der Waals surface area (Å²) in [5.41, 5.74) is 5.34. The molecule has 0 heterocycles. The Kier molecular flexibility index (Phi) is 4.32. The molecule has 1 fully saturated rings. The van der Waals surface area contributed by atoms with Gasteiger partial charge in [0.2, 0.25) is 0 Å². The molecular formula is C19H22ClN. The zero-order valence-electron chi connectivity index (χ0n) is 12.7. The third-order valence-electron chi connectivity index (χ3n) is 4.66. The molecule has 1 saturated carbocycles. The first-order valence-electron chi connectivity index (χ1n) is 7.73. The van der Waals surface area contributed by atoms with Gasteiger partial charge in [-0.2, -0.15) is 0 Å². The van der Waals surface area contributed by atoms with E-state index in [1.807, 2.05) is 13.1 Å². The molecule has 1 unspecified atom stereocenters. The molecule has 1 atom stereocenters. The minimum absolute atomic E-state index is 0.234. The van der Waals surface area contributed by atoms with Crippen LogP contribution in [0.3, 0.4) is 0 Å². The van der Waals surface area contributed by atoms with Gasteiger partial charge in [0.25, 0.3) is 0 Å². The van der Waals surface area contributed by atoms with Gasteiger partial charge in [-0.3, -0.25) is 0 Å². The number of hydrogen-bond donors (Lipinski definition) is 1. The normalized spacial score (nSPS) is 16.5. The second-order valence-corrected chi connectivity index (χ2v) is 6.39. The van der Waals surface area contributed by atoms with Crippen LogP contribution in [-0.2, 0) is 0 Å². The van der Waals surface area contributed by atoms with Gasteiger partial charge in [0.15, 0.2) is 0 Å². The molecule has 1 nitrogen and oxygen atoms in total. The van der Waals surface area contributed by atoms with Crippen LogP contribution in [0.5, 0.6) is 0 Å². The average Bonchev–Trinajstić information content (AvgIpc) is 2.43. The maximum atomic E-state index is 6.17. The predicted octanol–water partition coefficient (Wildman–Crippen LogP) is 5.22. The minimum atomic E-state index is 0.234. The summed E-state index contributed by atoms with van der Waals surface area (Å²) in [5.74, 6) is 0.741. The zero-order valence-corrected chi connectivity index (χ0v) is 13.5. The first kappa shape index (κ1) is 14.6. The largest absolute Gasteiger partial charge is 0.309 e. The highest BCUT2D eigenvalue weighted by molar-refractivity contribution is 6.31. The van der Waals surface area contributed by atoms with E-state index in [0.29, 0.717) is 0 Å². The second-order valence-electron chi connectivity index (χ2n) is 5.99. The quantitative estimate of drug-likeness (QED) is 0.815. The van der Waals surface area contributed by atoms with E-state index in [1.54, 1.807) is 0 Å². The van der Waals surface area contributed by atoms with Crippen molar-refractivity contribution in [2.24, 2.45) is 0 Å². The maximum absolute atomic E-state index is 6.17. The fraction of sp³-hybridized carbons (Fsp3) is 0.368. The molecule has 0 radical (unpaired) electrons. The molecule has 21 heavy (non-hydrogen) atoms. The Labute approximate surface area is 132 Å². The van der Waals surface area contributed by atoms with Crippen LogP contribution in [0.15, 0.2) is 42.5 Å². The van der Waals surface area contributed by atoms with Crippen LogP contribution in [0, 0.1) is 6.92 Å². The van der Waals surface area contributed by atoms with E-state index < -0.39 is 0 Å². The standard InChI is InChI=1S/C19H22ClN/c1-13-12-15(10-11-18(13)20)19(21-2)17-9-4-3-8-16(17)14-6-5-7-14/h3-4,8-12,14,19,21H,5-7H2,1-2H3. The Balaban J connectivity index is 2.01. The van der Waals surface area contributed by atoms with Gasteiger partial charge in [-0.05, 0) is 61.1 Å². The molecular weight excluding hydrogens is 278 g/mol. The summed E-state index contributed by atoms with van der Waals surface area (Å²) < 4.78 is 0. The molecule has 1 aliphatic rings. The predicted molar refractivity (Wildman–Crippen MR) is 90.1 cm³/mol. The van der Waals surface area contributed by atoms with Gasteiger partial charge in [0.05, 0.1) is 6.04 Å². The molecule has 1 aliphatic carbocycles. The lowest BCUT2D eigenvalue weighted by atomic mass is 9.76. The third kappa shape index (κ3) is 2.86. The number of halogens is 1. The molecule has 0 aromatic heterocycles. The maximum Gasteiger partial charge on any atom is 0.0577 e. The van der Waals surface area contributed by atoms with Crippen LogP contribution < -0.4 is 5.32 Å². The van der Waals surface area contributed by atoms with Crippen LogP contribution in [-0.4, -0.2) is 7.05 Å². The molecule has 0 spiro atoms. The van der Waals surface area contributed by atoms with Crippen LogP contribution in [0.25, 0.3) is 0 Å².